The molecule has 0 radical (unpaired) electrons. The minimum absolute atomic E-state index is 0.611. The average Bonchev–Trinajstić information content (AvgIpc) is 2.69. The van der Waals surface area contributed by atoms with Gasteiger partial charge in [0.2, 0.25) is 0 Å². The van der Waals surface area contributed by atoms with E-state index < -0.39 is 0 Å². The summed E-state index contributed by atoms with van der Waals surface area (Å²) in [7, 11) is 0. The first-order valence-electron chi connectivity index (χ1n) is 12.9. The van der Waals surface area contributed by atoms with Crippen molar-refractivity contribution in [1.82, 2.24) is 0 Å². The van der Waals surface area contributed by atoms with E-state index in [0.29, 0.717) is 5.41 Å². The Morgan fingerprint density at radius 2 is 0.815 bits per heavy atom. The van der Waals surface area contributed by atoms with Gasteiger partial charge in [-0.3, -0.25) is 0 Å². The lowest BCUT2D eigenvalue weighted by atomic mass is 9.59. The zero-order valence-corrected chi connectivity index (χ0v) is 19.9. The van der Waals surface area contributed by atoms with Gasteiger partial charge in [-0.25, -0.2) is 0 Å². The Labute approximate surface area is 172 Å². The van der Waals surface area contributed by atoms with E-state index in [1.54, 1.807) is 0 Å². The summed E-state index contributed by atoms with van der Waals surface area (Å²) in [4.78, 5) is 0. The maximum Gasteiger partial charge on any atom is -0.0298 e. The molecule has 27 heavy (non-hydrogen) atoms. The van der Waals surface area contributed by atoms with Crippen LogP contribution in [0.15, 0.2) is 0 Å². The van der Waals surface area contributed by atoms with E-state index in [9.17, 15) is 0 Å². The van der Waals surface area contributed by atoms with Gasteiger partial charge in [-0.2, -0.15) is 0 Å². The maximum absolute atomic E-state index is 2.58. The molecular weight excluding hydrogens is 324 g/mol. The minimum Gasteiger partial charge on any atom is -0.0651 e. The van der Waals surface area contributed by atoms with Crippen molar-refractivity contribution in [3.05, 3.63) is 0 Å². The SMILES string of the molecule is CC1CCC(C(C)(C)C2CCC(C)CC2)CC1.CCC1CCC(CC)CC1. The van der Waals surface area contributed by atoms with Crippen LogP contribution in [0.25, 0.3) is 0 Å². The Morgan fingerprint density at radius 1 is 0.519 bits per heavy atom. The molecule has 0 spiro atoms. The molecule has 0 saturated heterocycles. The van der Waals surface area contributed by atoms with Gasteiger partial charge in [0.05, 0.1) is 0 Å². The van der Waals surface area contributed by atoms with Crippen LogP contribution in [0.1, 0.15) is 131 Å². The molecule has 0 heteroatoms. The fraction of sp³-hybridized carbons (Fsp3) is 1.00. The van der Waals surface area contributed by atoms with Crippen molar-refractivity contribution in [3.8, 4) is 0 Å². The van der Waals surface area contributed by atoms with Crippen molar-refractivity contribution in [1.29, 1.82) is 0 Å². The van der Waals surface area contributed by atoms with Gasteiger partial charge >= 0.3 is 0 Å². The van der Waals surface area contributed by atoms with Crippen LogP contribution < -0.4 is 0 Å². The summed E-state index contributed by atoms with van der Waals surface area (Å²) in [5.74, 6) is 6.15. The molecule has 3 aliphatic rings. The molecule has 0 atom stereocenters. The predicted octanol–water partition coefficient (Wildman–Crippen LogP) is 9.28. The van der Waals surface area contributed by atoms with E-state index in [1.165, 1.54) is 89.9 Å². The van der Waals surface area contributed by atoms with Crippen molar-refractivity contribution < 1.29 is 0 Å². The molecule has 0 aromatic rings. The summed E-state index contributed by atoms with van der Waals surface area (Å²) < 4.78 is 0. The first-order chi connectivity index (χ1) is 12.9. The van der Waals surface area contributed by atoms with Gasteiger partial charge in [-0.15, -0.1) is 0 Å². The molecule has 0 bridgehead atoms. The molecule has 0 amide bonds. The Morgan fingerprint density at radius 3 is 1.07 bits per heavy atom. The van der Waals surface area contributed by atoms with Crippen molar-refractivity contribution >= 4 is 0 Å². The molecule has 3 rings (SSSR count). The lowest BCUT2D eigenvalue weighted by molar-refractivity contribution is 0.0421. The Balaban J connectivity index is 0.000000223. The Bertz CT molecular complexity index is 335. The van der Waals surface area contributed by atoms with Gasteiger partial charge in [0.25, 0.3) is 0 Å². The van der Waals surface area contributed by atoms with Gasteiger partial charge in [0.15, 0.2) is 0 Å². The van der Waals surface area contributed by atoms with Gasteiger partial charge < -0.3 is 0 Å². The monoisotopic (exact) mass is 376 g/mol. The molecule has 3 saturated carbocycles. The summed E-state index contributed by atoms with van der Waals surface area (Å²) >= 11 is 0. The van der Waals surface area contributed by atoms with Crippen molar-refractivity contribution in [2.75, 3.05) is 0 Å². The number of hydrogen-bond acceptors (Lipinski definition) is 0. The number of hydrogen-bond donors (Lipinski definition) is 0. The predicted molar refractivity (Wildman–Crippen MR) is 122 cm³/mol. The second-order valence-electron chi connectivity index (χ2n) is 11.4. The molecule has 0 heterocycles. The van der Waals surface area contributed by atoms with Crippen LogP contribution in [-0.2, 0) is 0 Å². The van der Waals surface area contributed by atoms with E-state index in [2.05, 4.69) is 41.5 Å². The summed E-state index contributed by atoms with van der Waals surface area (Å²) in [5.41, 5.74) is 0.611. The van der Waals surface area contributed by atoms with E-state index in [1.807, 2.05) is 0 Å². The zero-order chi connectivity index (χ0) is 19.9. The van der Waals surface area contributed by atoms with Gasteiger partial charge in [0.1, 0.15) is 0 Å². The fourth-order valence-corrected chi connectivity index (χ4v) is 6.39. The number of rotatable bonds is 4. The smallest absolute Gasteiger partial charge is 0.0298 e. The molecule has 0 aliphatic heterocycles. The summed E-state index contributed by atoms with van der Waals surface area (Å²) in [6, 6.07) is 0. The Hall–Kier alpha value is 0. The first kappa shape index (κ1) is 23.3. The molecule has 0 unspecified atom stereocenters. The molecule has 0 aromatic heterocycles. The standard InChI is InChI=1S/C17H32.C10H20/c1-13-5-9-15(10-6-13)17(3,4)16-11-7-14(2)8-12-16;1-3-9-5-7-10(4-2)8-6-9/h13-16H,5-12H2,1-4H3;9-10H,3-8H2,1-2H3. The van der Waals surface area contributed by atoms with Crippen molar-refractivity contribution in [3.63, 3.8) is 0 Å². The van der Waals surface area contributed by atoms with Crippen LogP contribution in [0.3, 0.4) is 0 Å². The van der Waals surface area contributed by atoms with Crippen LogP contribution in [-0.4, -0.2) is 0 Å². The van der Waals surface area contributed by atoms with Crippen LogP contribution in [0.5, 0.6) is 0 Å². The average molecular weight is 377 g/mol. The van der Waals surface area contributed by atoms with E-state index in [-0.39, 0.29) is 0 Å². The topological polar surface area (TPSA) is 0 Å². The summed E-state index contributed by atoms with van der Waals surface area (Å²) in [5, 5.41) is 0. The molecule has 3 aliphatic carbocycles. The highest BCUT2D eigenvalue weighted by Crippen LogP contribution is 2.49. The minimum atomic E-state index is 0.611. The highest BCUT2D eigenvalue weighted by molar-refractivity contribution is 4.89. The van der Waals surface area contributed by atoms with Gasteiger partial charge in [-0.05, 0) is 66.6 Å². The van der Waals surface area contributed by atoms with Crippen molar-refractivity contribution in [2.24, 2.45) is 40.9 Å². The molecule has 0 aromatic carbocycles. The largest absolute Gasteiger partial charge is 0.0651 e. The van der Waals surface area contributed by atoms with E-state index >= 15 is 0 Å². The lowest BCUT2D eigenvalue weighted by Crippen LogP contribution is -2.36. The first-order valence-corrected chi connectivity index (χ1v) is 12.9. The molecule has 3 fully saturated rings. The quantitative estimate of drug-likeness (QED) is 0.458. The van der Waals surface area contributed by atoms with Crippen LogP contribution in [0.2, 0.25) is 0 Å². The fourth-order valence-electron chi connectivity index (χ4n) is 6.39. The van der Waals surface area contributed by atoms with Crippen LogP contribution in [0.4, 0.5) is 0 Å². The Kier molecular flexibility index (Phi) is 9.70. The summed E-state index contributed by atoms with van der Waals surface area (Å²) in [6.45, 7) is 14.7. The molecule has 0 N–H and O–H groups in total. The van der Waals surface area contributed by atoms with Crippen LogP contribution in [0, 0.1) is 40.9 Å². The van der Waals surface area contributed by atoms with Crippen LogP contribution >= 0.6 is 0 Å². The summed E-state index contributed by atoms with van der Waals surface area (Å²) in [6.07, 6.45) is 20.8. The second kappa shape index (κ2) is 11.3. The highest BCUT2D eigenvalue weighted by atomic mass is 14.4. The normalized spacial score (nSPS) is 38.0. The third-order valence-electron chi connectivity index (χ3n) is 9.26. The molecular formula is C27H52. The molecule has 160 valence electrons. The van der Waals surface area contributed by atoms with E-state index in [0.717, 1.165) is 35.5 Å². The van der Waals surface area contributed by atoms with Crippen molar-refractivity contribution in [2.45, 2.75) is 131 Å². The maximum atomic E-state index is 2.58. The van der Waals surface area contributed by atoms with E-state index in [4.69, 9.17) is 0 Å². The second-order valence-corrected chi connectivity index (χ2v) is 11.4. The van der Waals surface area contributed by atoms with Gasteiger partial charge in [-0.1, -0.05) is 106 Å². The van der Waals surface area contributed by atoms with Gasteiger partial charge in [0, 0.05) is 0 Å². The lowest BCUT2D eigenvalue weighted by Gasteiger charge is -2.46. The molecule has 0 nitrogen and oxygen atoms in total. The third-order valence-corrected chi connectivity index (χ3v) is 9.26. The zero-order valence-electron chi connectivity index (χ0n) is 19.9. The highest BCUT2D eigenvalue weighted by Gasteiger charge is 2.39. The third kappa shape index (κ3) is 7.08.